The molecule has 0 spiro atoms. The molecule has 0 saturated heterocycles. The van der Waals surface area contributed by atoms with Crippen LogP contribution in [0.25, 0.3) is 11.0 Å². The third-order valence-electron chi connectivity index (χ3n) is 4.08. The first kappa shape index (κ1) is 12.2. The molecule has 100 valence electrons. The topological polar surface area (TPSA) is 67.2 Å². The van der Waals surface area contributed by atoms with Crippen LogP contribution in [-0.4, -0.2) is 27.2 Å². The van der Waals surface area contributed by atoms with Gasteiger partial charge in [0.05, 0.1) is 29.4 Å². The van der Waals surface area contributed by atoms with E-state index in [1.54, 1.807) is 6.33 Å². The Kier molecular flexibility index (Phi) is 2.78. The number of nitrogens with zero attached hydrogens (tertiary/aromatic N) is 2. The number of rotatable bonds is 3. The summed E-state index contributed by atoms with van der Waals surface area (Å²) in [5, 5.41) is 12.3. The first-order valence-corrected chi connectivity index (χ1v) is 6.48. The van der Waals surface area contributed by atoms with Crippen molar-refractivity contribution in [1.29, 1.82) is 0 Å². The molecule has 1 aliphatic rings. The van der Waals surface area contributed by atoms with E-state index in [4.69, 9.17) is 0 Å². The molecule has 1 aliphatic carbocycles. The van der Waals surface area contributed by atoms with Crippen molar-refractivity contribution in [2.24, 2.45) is 12.5 Å². The molecule has 1 heterocycles. The molecular weight excluding hydrogens is 242 g/mol. The maximum Gasteiger partial charge on any atom is 0.232 e. The van der Waals surface area contributed by atoms with Crippen LogP contribution in [0.15, 0.2) is 24.5 Å². The largest absolute Gasteiger partial charge is 0.395 e. The van der Waals surface area contributed by atoms with Crippen LogP contribution in [-0.2, 0) is 11.8 Å². The number of aryl methyl sites for hydroxylation is 1. The van der Waals surface area contributed by atoms with Gasteiger partial charge in [-0.15, -0.1) is 0 Å². The van der Waals surface area contributed by atoms with Gasteiger partial charge in [-0.1, -0.05) is 6.42 Å². The Labute approximate surface area is 111 Å². The molecule has 0 aliphatic heterocycles. The molecule has 0 unspecified atom stereocenters. The van der Waals surface area contributed by atoms with Crippen LogP contribution in [0.5, 0.6) is 0 Å². The second-order valence-corrected chi connectivity index (χ2v) is 5.31. The van der Waals surface area contributed by atoms with Crippen molar-refractivity contribution in [1.82, 2.24) is 9.55 Å². The fourth-order valence-electron chi connectivity index (χ4n) is 2.54. The van der Waals surface area contributed by atoms with E-state index in [0.29, 0.717) is 0 Å². The van der Waals surface area contributed by atoms with Crippen LogP contribution in [0.2, 0.25) is 0 Å². The number of anilines is 1. The van der Waals surface area contributed by atoms with Gasteiger partial charge in [0.1, 0.15) is 0 Å². The SMILES string of the molecule is Cn1cnc2cc(NC(=O)C3(CO)CCC3)ccc21. The normalized spacial score (nSPS) is 17.2. The minimum Gasteiger partial charge on any atom is -0.395 e. The predicted octanol–water partition coefficient (Wildman–Crippen LogP) is 1.67. The van der Waals surface area contributed by atoms with Crippen molar-refractivity contribution in [2.45, 2.75) is 19.3 Å². The average Bonchev–Trinajstić information content (AvgIpc) is 2.70. The number of nitrogens with one attached hydrogen (secondary N) is 1. The smallest absolute Gasteiger partial charge is 0.232 e. The lowest BCUT2D eigenvalue weighted by molar-refractivity contribution is -0.133. The number of carbonyl (C=O) groups excluding carboxylic acids is 1. The molecule has 1 amide bonds. The fourth-order valence-corrected chi connectivity index (χ4v) is 2.54. The molecule has 2 N–H and O–H groups in total. The number of amides is 1. The highest BCUT2D eigenvalue weighted by Crippen LogP contribution is 2.41. The lowest BCUT2D eigenvalue weighted by atomic mass is 9.68. The van der Waals surface area contributed by atoms with E-state index >= 15 is 0 Å². The van der Waals surface area contributed by atoms with Gasteiger partial charge in [0.2, 0.25) is 5.91 Å². The van der Waals surface area contributed by atoms with Crippen molar-refractivity contribution in [2.75, 3.05) is 11.9 Å². The fraction of sp³-hybridized carbons (Fsp3) is 0.429. The predicted molar refractivity (Wildman–Crippen MR) is 72.7 cm³/mol. The monoisotopic (exact) mass is 259 g/mol. The van der Waals surface area contributed by atoms with Crippen LogP contribution in [0.3, 0.4) is 0 Å². The van der Waals surface area contributed by atoms with Gasteiger partial charge < -0.3 is 15.0 Å². The zero-order valence-corrected chi connectivity index (χ0v) is 10.9. The summed E-state index contributed by atoms with van der Waals surface area (Å²) >= 11 is 0. The van der Waals surface area contributed by atoms with Gasteiger partial charge in [-0.25, -0.2) is 4.98 Å². The Bertz CT molecular complexity index is 623. The summed E-state index contributed by atoms with van der Waals surface area (Å²) in [5.41, 5.74) is 2.04. The Balaban J connectivity index is 1.83. The minimum absolute atomic E-state index is 0.0787. The van der Waals surface area contributed by atoms with Gasteiger partial charge in [0, 0.05) is 12.7 Å². The van der Waals surface area contributed by atoms with E-state index in [-0.39, 0.29) is 12.5 Å². The van der Waals surface area contributed by atoms with E-state index < -0.39 is 5.41 Å². The van der Waals surface area contributed by atoms with Crippen molar-refractivity contribution in [3.63, 3.8) is 0 Å². The number of hydrogen-bond acceptors (Lipinski definition) is 3. The molecule has 1 fully saturated rings. The third-order valence-corrected chi connectivity index (χ3v) is 4.08. The third kappa shape index (κ3) is 1.90. The first-order chi connectivity index (χ1) is 9.14. The van der Waals surface area contributed by atoms with Gasteiger partial charge >= 0.3 is 0 Å². The molecule has 5 nitrogen and oxygen atoms in total. The number of fused-ring (bicyclic) bond motifs is 1. The van der Waals surface area contributed by atoms with Crippen LogP contribution >= 0.6 is 0 Å². The second kappa shape index (κ2) is 4.35. The van der Waals surface area contributed by atoms with Crippen molar-refractivity contribution in [3.8, 4) is 0 Å². The van der Waals surface area contributed by atoms with E-state index in [1.165, 1.54) is 0 Å². The molecular formula is C14H17N3O2. The Hall–Kier alpha value is -1.88. The lowest BCUT2D eigenvalue weighted by Crippen LogP contribution is -2.44. The number of aromatic nitrogens is 2. The molecule has 2 aromatic rings. The van der Waals surface area contributed by atoms with E-state index in [0.717, 1.165) is 36.0 Å². The number of carbonyl (C=O) groups is 1. The zero-order valence-electron chi connectivity index (χ0n) is 10.9. The van der Waals surface area contributed by atoms with Crippen molar-refractivity contribution >= 4 is 22.6 Å². The van der Waals surface area contributed by atoms with Crippen molar-refractivity contribution < 1.29 is 9.90 Å². The quantitative estimate of drug-likeness (QED) is 0.881. The molecule has 1 aromatic carbocycles. The van der Waals surface area contributed by atoms with Gasteiger partial charge in [-0.05, 0) is 31.0 Å². The number of aliphatic hydroxyl groups is 1. The maximum atomic E-state index is 12.2. The van der Waals surface area contributed by atoms with E-state index in [2.05, 4.69) is 10.3 Å². The van der Waals surface area contributed by atoms with Crippen LogP contribution in [0.1, 0.15) is 19.3 Å². The van der Waals surface area contributed by atoms with Crippen LogP contribution in [0, 0.1) is 5.41 Å². The molecule has 1 saturated carbocycles. The average molecular weight is 259 g/mol. The van der Waals surface area contributed by atoms with Gasteiger partial charge in [-0.2, -0.15) is 0 Å². The zero-order chi connectivity index (χ0) is 13.5. The molecule has 1 aromatic heterocycles. The Morgan fingerprint density at radius 2 is 2.32 bits per heavy atom. The molecule has 0 radical (unpaired) electrons. The number of hydrogen-bond donors (Lipinski definition) is 2. The number of imidazole rings is 1. The summed E-state index contributed by atoms with van der Waals surface area (Å²) in [7, 11) is 1.93. The highest BCUT2D eigenvalue weighted by molar-refractivity contribution is 5.97. The van der Waals surface area contributed by atoms with E-state index in [9.17, 15) is 9.90 Å². The molecule has 0 atom stereocenters. The highest BCUT2D eigenvalue weighted by atomic mass is 16.3. The summed E-state index contributed by atoms with van der Waals surface area (Å²) in [4.78, 5) is 16.5. The Morgan fingerprint density at radius 3 is 2.95 bits per heavy atom. The van der Waals surface area contributed by atoms with Crippen LogP contribution < -0.4 is 5.32 Å². The van der Waals surface area contributed by atoms with Gasteiger partial charge in [0.25, 0.3) is 0 Å². The Morgan fingerprint density at radius 1 is 1.53 bits per heavy atom. The molecule has 19 heavy (non-hydrogen) atoms. The second-order valence-electron chi connectivity index (χ2n) is 5.31. The van der Waals surface area contributed by atoms with E-state index in [1.807, 2.05) is 29.8 Å². The van der Waals surface area contributed by atoms with Gasteiger partial charge in [0.15, 0.2) is 0 Å². The van der Waals surface area contributed by atoms with Crippen LogP contribution in [0.4, 0.5) is 5.69 Å². The summed E-state index contributed by atoms with van der Waals surface area (Å²) < 4.78 is 1.93. The molecule has 0 bridgehead atoms. The van der Waals surface area contributed by atoms with Gasteiger partial charge in [-0.3, -0.25) is 4.79 Å². The first-order valence-electron chi connectivity index (χ1n) is 6.48. The lowest BCUT2D eigenvalue weighted by Gasteiger charge is -2.38. The maximum absolute atomic E-state index is 12.2. The summed E-state index contributed by atoms with van der Waals surface area (Å²) in [6.07, 6.45) is 4.28. The molecule has 5 heteroatoms. The standard InChI is InChI=1S/C14H17N3O2/c1-17-9-15-11-7-10(3-4-12(11)17)16-13(19)14(8-18)5-2-6-14/h3-4,7,9,18H,2,5-6,8H2,1H3,(H,16,19). The number of benzene rings is 1. The summed E-state index contributed by atoms with van der Waals surface area (Å²) in [6.45, 7) is -0.0787. The molecule has 3 rings (SSSR count). The minimum atomic E-state index is -0.570. The summed E-state index contributed by atoms with van der Waals surface area (Å²) in [6, 6.07) is 5.66. The highest BCUT2D eigenvalue weighted by Gasteiger charge is 2.43. The van der Waals surface area contributed by atoms with Crippen molar-refractivity contribution in [3.05, 3.63) is 24.5 Å². The number of aliphatic hydroxyl groups excluding tert-OH is 1. The summed E-state index contributed by atoms with van der Waals surface area (Å²) in [5.74, 6) is -0.0865.